The second-order valence-electron chi connectivity index (χ2n) is 4.09. The van der Waals surface area contributed by atoms with Gasteiger partial charge in [0.05, 0.1) is 18.9 Å². The number of thiophene rings is 1. The van der Waals surface area contributed by atoms with Crippen molar-refractivity contribution in [2.24, 2.45) is 0 Å². The molecule has 0 spiro atoms. The van der Waals surface area contributed by atoms with E-state index in [0.29, 0.717) is 16.5 Å². The van der Waals surface area contributed by atoms with Gasteiger partial charge in [-0.1, -0.05) is 6.92 Å². The van der Waals surface area contributed by atoms with Gasteiger partial charge in [-0.3, -0.25) is 0 Å². The number of nitrogens with two attached hydrogens (primary N) is 1. The summed E-state index contributed by atoms with van der Waals surface area (Å²) in [5.74, 6) is -0.516. The van der Waals surface area contributed by atoms with E-state index >= 15 is 0 Å². The Morgan fingerprint density at radius 3 is 2.75 bits per heavy atom. The van der Waals surface area contributed by atoms with E-state index in [4.69, 9.17) is 20.5 Å². The number of nitrogens with zero attached hydrogens (tertiary/aromatic N) is 1. The van der Waals surface area contributed by atoms with Gasteiger partial charge in [-0.05, 0) is 13.3 Å². The number of hydrogen-bond donors (Lipinski definition) is 2. The summed E-state index contributed by atoms with van der Waals surface area (Å²) in [4.78, 5) is 12.3. The number of methoxy groups -OCH3 is 1. The maximum absolute atomic E-state index is 12.0. The first-order valence-corrected chi connectivity index (χ1v) is 7.15. The molecule has 0 saturated heterocycles. The van der Waals surface area contributed by atoms with Gasteiger partial charge in [-0.2, -0.15) is 5.26 Å². The molecule has 0 aliphatic rings. The number of carbonyl (C=O) groups is 1. The lowest BCUT2D eigenvalue weighted by Gasteiger charge is -2.16. The maximum Gasteiger partial charge on any atom is 0.343 e. The summed E-state index contributed by atoms with van der Waals surface area (Å²) in [6, 6.07) is 2.03. The zero-order valence-electron chi connectivity index (χ0n) is 11.9. The molecule has 0 radical (unpaired) electrons. The number of anilines is 2. The molecule has 3 N–H and O–H groups in total. The van der Waals surface area contributed by atoms with Gasteiger partial charge < -0.3 is 20.5 Å². The SMILES string of the molecule is CCOC(=O)c1c(NC(CC)COC)sc(C#N)c1N. The van der Waals surface area contributed by atoms with Crippen LogP contribution >= 0.6 is 11.3 Å². The molecule has 1 rings (SSSR count). The largest absolute Gasteiger partial charge is 0.462 e. The molecule has 0 saturated carbocycles. The summed E-state index contributed by atoms with van der Waals surface area (Å²) < 4.78 is 10.1. The minimum Gasteiger partial charge on any atom is -0.462 e. The van der Waals surface area contributed by atoms with Crippen LogP contribution in [-0.2, 0) is 9.47 Å². The van der Waals surface area contributed by atoms with Gasteiger partial charge in [0.2, 0.25) is 0 Å². The molecular formula is C13H19N3O3S. The number of nitriles is 1. The van der Waals surface area contributed by atoms with Crippen molar-refractivity contribution in [3.8, 4) is 6.07 Å². The van der Waals surface area contributed by atoms with Crippen molar-refractivity contribution in [1.82, 2.24) is 0 Å². The van der Waals surface area contributed by atoms with Crippen LogP contribution in [0.15, 0.2) is 0 Å². The van der Waals surface area contributed by atoms with Crippen molar-refractivity contribution in [2.75, 3.05) is 31.4 Å². The molecule has 0 fully saturated rings. The molecule has 0 aliphatic heterocycles. The molecule has 0 aliphatic carbocycles. The first-order valence-electron chi connectivity index (χ1n) is 6.33. The summed E-state index contributed by atoms with van der Waals surface area (Å²) in [6.45, 7) is 4.48. The van der Waals surface area contributed by atoms with Crippen LogP contribution in [-0.4, -0.2) is 32.3 Å². The minimum atomic E-state index is -0.516. The average molecular weight is 297 g/mol. The van der Waals surface area contributed by atoms with E-state index in [1.807, 2.05) is 13.0 Å². The monoisotopic (exact) mass is 297 g/mol. The third kappa shape index (κ3) is 3.62. The fraction of sp³-hybridized carbons (Fsp3) is 0.538. The zero-order chi connectivity index (χ0) is 15.1. The van der Waals surface area contributed by atoms with Gasteiger partial charge >= 0.3 is 5.97 Å². The summed E-state index contributed by atoms with van der Waals surface area (Å²) in [5, 5.41) is 12.8. The van der Waals surface area contributed by atoms with Crippen molar-refractivity contribution >= 4 is 28.0 Å². The van der Waals surface area contributed by atoms with Gasteiger partial charge in [-0.25, -0.2) is 4.79 Å². The molecule has 110 valence electrons. The molecule has 1 unspecified atom stereocenters. The molecule has 0 amide bonds. The van der Waals surface area contributed by atoms with Crippen LogP contribution < -0.4 is 11.1 Å². The number of hydrogen-bond acceptors (Lipinski definition) is 7. The molecule has 1 atom stereocenters. The highest BCUT2D eigenvalue weighted by molar-refractivity contribution is 7.17. The van der Waals surface area contributed by atoms with Crippen LogP contribution in [0, 0.1) is 11.3 Å². The number of carbonyl (C=O) groups excluding carboxylic acids is 1. The normalized spacial score (nSPS) is 11.7. The lowest BCUT2D eigenvalue weighted by atomic mass is 10.2. The summed E-state index contributed by atoms with van der Waals surface area (Å²) in [6.07, 6.45) is 0.815. The molecule has 6 nitrogen and oxygen atoms in total. The van der Waals surface area contributed by atoms with Crippen molar-refractivity contribution in [1.29, 1.82) is 5.26 Å². The predicted octanol–water partition coefficient (Wildman–Crippen LogP) is 2.22. The number of nitrogens with one attached hydrogen (secondary N) is 1. The summed E-state index contributed by atoms with van der Waals surface area (Å²) >= 11 is 1.16. The number of ether oxygens (including phenoxy) is 2. The third-order valence-electron chi connectivity index (χ3n) is 2.72. The Kier molecular flexibility index (Phi) is 6.28. The van der Waals surface area contributed by atoms with Crippen molar-refractivity contribution in [3.63, 3.8) is 0 Å². The van der Waals surface area contributed by atoms with Crippen LogP contribution in [0.3, 0.4) is 0 Å². The van der Waals surface area contributed by atoms with Crippen LogP contribution in [0.25, 0.3) is 0 Å². The van der Waals surface area contributed by atoms with E-state index in [2.05, 4.69) is 5.32 Å². The van der Waals surface area contributed by atoms with E-state index in [0.717, 1.165) is 17.8 Å². The van der Waals surface area contributed by atoms with Crippen molar-refractivity contribution in [2.45, 2.75) is 26.3 Å². The Hall–Kier alpha value is -1.78. The van der Waals surface area contributed by atoms with E-state index in [-0.39, 0.29) is 23.9 Å². The van der Waals surface area contributed by atoms with Crippen molar-refractivity contribution in [3.05, 3.63) is 10.4 Å². The van der Waals surface area contributed by atoms with Crippen LogP contribution in [0.1, 0.15) is 35.5 Å². The van der Waals surface area contributed by atoms with Gasteiger partial charge in [0, 0.05) is 13.2 Å². The molecular weight excluding hydrogens is 278 g/mol. The maximum atomic E-state index is 12.0. The zero-order valence-corrected chi connectivity index (χ0v) is 12.7. The molecule has 1 aromatic heterocycles. The van der Waals surface area contributed by atoms with E-state index < -0.39 is 5.97 Å². The molecule has 0 bridgehead atoms. The van der Waals surface area contributed by atoms with E-state index in [1.54, 1.807) is 14.0 Å². The Bertz CT molecular complexity index is 508. The highest BCUT2D eigenvalue weighted by atomic mass is 32.1. The van der Waals surface area contributed by atoms with Gasteiger partial charge in [0.25, 0.3) is 0 Å². The molecule has 20 heavy (non-hydrogen) atoms. The quantitative estimate of drug-likeness (QED) is 0.749. The second kappa shape index (κ2) is 7.72. The topological polar surface area (TPSA) is 97.4 Å². The number of nitrogen functional groups attached to an aromatic ring is 1. The summed E-state index contributed by atoms with van der Waals surface area (Å²) in [5.41, 5.74) is 6.26. The molecule has 0 aromatic carbocycles. The van der Waals surface area contributed by atoms with Gasteiger partial charge in [0.15, 0.2) is 0 Å². The second-order valence-corrected chi connectivity index (χ2v) is 5.11. The van der Waals surface area contributed by atoms with Crippen molar-refractivity contribution < 1.29 is 14.3 Å². The first kappa shape index (κ1) is 16.3. The van der Waals surface area contributed by atoms with E-state index in [1.165, 1.54) is 0 Å². The fourth-order valence-corrected chi connectivity index (χ4v) is 2.67. The summed E-state index contributed by atoms with van der Waals surface area (Å²) in [7, 11) is 1.61. The third-order valence-corrected chi connectivity index (χ3v) is 3.76. The predicted molar refractivity (Wildman–Crippen MR) is 79.0 cm³/mol. The van der Waals surface area contributed by atoms with Crippen LogP contribution in [0.5, 0.6) is 0 Å². The fourth-order valence-electron chi connectivity index (χ4n) is 1.68. The number of esters is 1. The minimum absolute atomic E-state index is 0.0396. The van der Waals surface area contributed by atoms with Crippen LogP contribution in [0.4, 0.5) is 10.7 Å². The molecule has 1 heterocycles. The smallest absolute Gasteiger partial charge is 0.343 e. The van der Waals surface area contributed by atoms with Gasteiger partial charge in [-0.15, -0.1) is 11.3 Å². The number of rotatable bonds is 7. The molecule has 7 heteroatoms. The highest BCUT2D eigenvalue weighted by Gasteiger charge is 2.24. The van der Waals surface area contributed by atoms with E-state index in [9.17, 15) is 4.79 Å². The Labute approximate surface area is 122 Å². The highest BCUT2D eigenvalue weighted by Crippen LogP contribution is 2.36. The Morgan fingerprint density at radius 1 is 1.55 bits per heavy atom. The lowest BCUT2D eigenvalue weighted by Crippen LogP contribution is -2.24. The Morgan fingerprint density at radius 2 is 2.25 bits per heavy atom. The standard InChI is InChI=1S/C13H19N3O3S/c1-4-8(7-18-3)16-12-10(13(17)19-5-2)11(15)9(6-14)20-12/h8,16H,4-5,7,15H2,1-3H3. The lowest BCUT2D eigenvalue weighted by molar-refractivity contribution is 0.0529. The van der Waals surface area contributed by atoms with Crippen LogP contribution in [0.2, 0.25) is 0 Å². The van der Waals surface area contributed by atoms with Gasteiger partial charge in [0.1, 0.15) is 21.5 Å². The Balaban J connectivity index is 3.11. The molecule has 1 aromatic rings. The first-order chi connectivity index (χ1) is 9.58. The average Bonchev–Trinajstić information content (AvgIpc) is 2.74.